The minimum absolute atomic E-state index is 0.686. The Hall–Kier alpha value is -2.26. The van der Waals surface area contributed by atoms with Gasteiger partial charge >= 0.3 is 0 Å². The molecule has 0 unspecified atom stereocenters. The number of aromatic nitrogens is 2. The number of aryl methyl sites for hydroxylation is 2. The highest BCUT2D eigenvalue weighted by Crippen LogP contribution is 2.24. The quantitative estimate of drug-likeness (QED) is 0.666. The minimum atomic E-state index is 0.686. The number of hydrogen-bond acceptors (Lipinski definition) is 2. The molecule has 3 aromatic rings. The van der Waals surface area contributed by atoms with Gasteiger partial charge in [0.2, 0.25) is 0 Å². The Morgan fingerprint density at radius 2 is 1.38 bits per heavy atom. The fourth-order valence-electron chi connectivity index (χ4n) is 2.27. The summed E-state index contributed by atoms with van der Waals surface area (Å²) >= 11 is 5.39. The predicted octanol–water partition coefficient (Wildman–Crippen LogP) is 5.09. The SMILES string of the molecule is Cc1nc(-c2ccc(-c3ccccc3)cc2)c(=S)[nH]c1C. The number of benzene rings is 2. The molecule has 1 aromatic heterocycles. The molecule has 0 aliphatic heterocycles. The van der Waals surface area contributed by atoms with Gasteiger partial charge < -0.3 is 4.98 Å². The lowest BCUT2D eigenvalue weighted by Crippen LogP contribution is -1.96. The van der Waals surface area contributed by atoms with E-state index in [1.807, 2.05) is 32.0 Å². The first kappa shape index (κ1) is 13.7. The van der Waals surface area contributed by atoms with Crippen molar-refractivity contribution in [1.82, 2.24) is 9.97 Å². The molecule has 3 rings (SSSR count). The Bertz CT molecular complexity index is 818. The van der Waals surface area contributed by atoms with E-state index in [-0.39, 0.29) is 0 Å². The largest absolute Gasteiger partial charge is 0.347 e. The smallest absolute Gasteiger partial charge is 0.130 e. The normalized spacial score (nSPS) is 10.6. The molecule has 2 aromatic carbocycles. The fraction of sp³-hybridized carbons (Fsp3) is 0.111. The monoisotopic (exact) mass is 292 g/mol. The Morgan fingerprint density at radius 3 is 2.05 bits per heavy atom. The molecule has 0 aliphatic rings. The van der Waals surface area contributed by atoms with Crippen molar-refractivity contribution < 1.29 is 0 Å². The lowest BCUT2D eigenvalue weighted by molar-refractivity contribution is 1.04. The van der Waals surface area contributed by atoms with Gasteiger partial charge in [-0.2, -0.15) is 0 Å². The van der Waals surface area contributed by atoms with Crippen LogP contribution in [0.5, 0.6) is 0 Å². The zero-order valence-electron chi connectivity index (χ0n) is 12.1. The van der Waals surface area contributed by atoms with E-state index in [0.29, 0.717) is 4.64 Å². The summed E-state index contributed by atoms with van der Waals surface area (Å²) in [4.78, 5) is 7.81. The molecule has 0 atom stereocenters. The highest BCUT2D eigenvalue weighted by atomic mass is 32.1. The van der Waals surface area contributed by atoms with Crippen molar-refractivity contribution >= 4 is 12.2 Å². The maximum absolute atomic E-state index is 5.39. The first-order chi connectivity index (χ1) is 10.1. The van der Waals surface area contributed by atoms with E-state index in [2.05, 4.69) is 46.4 Å². The molecule has 0 fully saturated rings. The van der Waals surface area contributed by atoms with Gasteiger partial charge in [0.05, 0.1) is 5.69 Å². The van der Waals surface area contributed by atoms with Crippen molar-refractivity contribution in [2.45, 2.75) is 13.8 Å². The van der Waals surface area contributed by atoms with Gasteiger partial charge in [0, 0.05) is 11.3 Å². The van der Waals surface area contributed by atoms with Crippen LogP contribution in [0, 0.1) is 18.5 Å². The lowest BCUT2D eigenvalue weighted by Gasteiger charge is -2.07. The molecule has 3 heteroatoms. The molecule has 0 amide bonds. The van der Waals surface area contributed by atoms with Gasteiger partial charge in [-0.3, -0.25) is 0 Å². The molecule has 1 heterocycles. The molecule has 0 bridgehead atoms. The number of nitrogens with zero attached hydrogens (tertiary/aromatic N) is 1. The molecule has 0 saturated carbocycles. The third-order valence-corrected chi connectivity index (χ3v) is 3.90. The number of nitrogens with one attached hydrogen (secondary N) is 1. The number of hydrogen-bond donors (Lipinski definition) is 1. The molecule has 0 spiro atoms. The summed E-state index contributed by atoms with van der Waals surface area (Å²) in [7, 11) is 0. The van der Waals surface area contributed by atoms with E-state index in [4.69, 9.17) is 12.2 Å². The van der Waals surface area contributed by atoms with Gasteiger partial charge in [-0.25, -0.2) is 4.98 Å². The first-order valence-electron chi connectivity index (χ1n) is 6.88. The van der Waals surface area contributed by atoms with Crippen molar-refractivity contribution in [3.63, 3.8) is 0 Å². The highest BCUT2D eigenvalue weighted by molar-refractivity contribution is 7.71. The summed E-state index contributed by atoms with van der Waals surface area (Å²) in [6, 6.07) is 18.7. The van der Waals surface area contributed by atoms with Crippen LogP contribution in [0.25, 0.3) is 22.4 Å². The minimum Gasteiger partial charge on any atom is -0.347 e. The summed E-state index contributed by atoms with van der Waals surface area (Å²) in [5.74, 6) is 0. The van der Waals surface area contributed by atoms with E-state index in [1.165, 1.54) is 11.1 Å². The highest BCUT2D eigenvalue weighted by Gasteiger charge is 2.05. The van der Waals surface area contributed by atoms with Gasteiger partial charge in [-0.15, -0.1) is 0 Å². The molecular formula is C18H16N2S. The molecular weight excluding hydrogens is 276 g/mol. The molecule has 0 aliphatic carbocycles. The second-order valence-electron chi connectivity index (χ2n) is 5.07. The van der Waals surface area contributed by atoms with Crippen molar-refractivity contribution in [2.24, 2.45) is 0 Å². The topological polar surface area (TPSA) is 28.7 Å². The summed E-state index contributed by atoms with van der Waals surface area (Å²) in [5, 5.41) is 0. The number of H-pyrrole nitrogens is 1. The van der Waals surface area contributed by atoms with Crippen LogP contribution >= 0.6 is 12.2 Å². The van der Waals surface area contributed by atoms with E-state index in [0.717, 1.165) is 22.6 Å². The summed E-state index contributed by atoms with van der Waals surface area (Å²) in [6.45, 7) is 3.98. The Balaban J connectivity index is 2.02. The molecule has 1 N–H and O–H groups in total. The molecule has 21 heavy (non-hydrogen) atoms. The van der Waals surface area contributed by atoms with Crippen LogP contribution in [0.3, 0.4) is 0 Å². The maximum atomic E-state index is 5.39. The molecule has 0 saturated heterocycles. The van der Waals surface area contributed by atoms with Gasteiger partial charge in [-0.1, -0.05) is 66.8 Å². The molecule has 0 radical (unpaired) electrons. The van der Waals surface area contributed by atoms with E-state index in [9.17, 15) is 0 Å². The fourth-order valence-corrected chi connectivity index (χ4v) is 2.59. The van der Waals surface area contributed by atoms with E-state index in [1.54, 1.807) is 0 Å². The second-order valence-corrected chi connectivity index (χ2v) is 5.48. The summed E-state index contributed by atoms with van der Waals surface area (Å²) in [5.41, 5.74) is 6.28. The third kappa shape index (κ3) is 2.78. The zero-order valence-corrected chi connectivity index (χ0v) is 12.9. The predicted molar refractivity (Wildman–Crippen MR) is 89.8 cm³/mol. The third-order valence-electron chi connectivity index (χ3n) is 3.60. The van der Waals surface area contributed by atoms with Gasteiger partial charge in [-0.05, 0) is 25.0 Å². The Kier molecular flexibility index (Phi) is 3.67. The number of rotatable bonds is 2. The summed E-state index contributed by atoms with van der Waals surface area (Å²) in [6.07, 6.45) is 0. The second kappa shape index (κ2) is 5.62. The van der Waals surface area contributed by atoms with Crippen molar-refractivity contribution in [1.29, 1.82) is 0 Å². The molecule has 104 valence electrons. The average Bonchev–Trinajstić information content (AvgIpc) is 2.52. The van der Waals surface area contributed by atoms with Crippen molar-refractivity contribution in [3.05, 3.63) is 70.6 Å². The summed E-state index contributed by atoms with van der Waals surface area (Å²) < 4.78 is 0.686. The number of aromatic amines is 1. The van der Waals surface area contributed by atoms with Crippen LogP contribution in [0.4, 0.5) is 0 Å². The van der Waals surface area contributed by atoms with Crippen molar-refractivity contribution in [2.75, 3.05) is 0 Å². The van der Waals surface area contributed by atoms with E-state index < -0.39 is 0 Å². The van der Waals surface area contributed by atoms with Crippen LogP contribution in [0.2, 0.25) is 0 Å². The first-order valence-corrected chi connectivity index (χ1v) is 7.29. The average molecular weight is 292 g/mol. The van der Waals surface area contributed by atoms with Crippen LogP contribution in [0.15, 0.2) is 54.6 Å². The standard InChI is InChI=1S/C18H16N2S/c1-12-13(2)20-18(21)17(19-12)16-10-8-15(9-11-16)14-6-4-3-5-7-14/h3-11H,1-2H3,(H,20,21). The lowest BCUT2D eigenvalue weighted by atomic mass is 10.0. The van der Waals surface area contributed by atoms with Crippen LogP contribution in [-0.4, -0.2) is 9.97 Å². The van der Waals surface area contributed by atoms with Crippen LogP contribution in [0.1, 0.15) is 11.4 Å². The Morgan fingerprint density at radius 1 is 0.810 bits per heavy atom. The Labute approximate surface area is 129 Å². The van der Waals surface area contributed by atoms with E-state index >= 15 is 0 Å². The van der Waals surface area contributed by atoms with Gasteiger partial charge in [0.1, 0.15) is 10.3 Å². The maximum Gasteiger partial charge on any atom is 0.130 e. The van der Waals surface area contributed by atoms with Crippen LogP contribution in [-0.2, 0) is 0 Å². The van der Waals surface area contributed by atoms with Gasteiger partial charge in [0.15, 0.2) is 0 Å². The molecule has 2 nitrogen and oxygen atoms in total. The van der Waals surface area contributed by atoms with Crippen molar-refractivity contribution in [3.8, 4) is 22.4 Å². The van der Waals surface area contributed by atoms with Gasteiger partial charge in [0.25, 0.3) is 0 Å². The van der Waals surface area contributed by atoms with Crippen LogP contribution < -0.4 is 0 Å². The zero-order chi connectivity index (χ0) is 14.8.